The van der Waals surface area contributed by atoms with Gasteiger partial charge in [-0.3, -0.25) is 4.79 Å². The molecule has 0 radical (unpaired) electrons. The van der Waals surface area contributed by atoms with Crippen molar-refractivity contribution in [3.63, 3.8) is 0 Å². The summed E-state index contributed by atoms with van der Waals surface area (Å²) in [6.45, 7) is 0. The number of benzene rings is 3. The lowest BCUT2D eigenvalue weighted by molar-refractivity contribution is 0.101. The number of carbonyl (C=O) groups excluding carboxylic acids is 1. The van der Waals surface area contributed by atoms with Gasteiger partial charge < -0.3 is 8.83 Å². The minimum absolute atomic E-state index is 0.202. The van der Waals surface area contributed by atoms with E-state index >= 15 is 0 Å². The van der Waals surface area contributed by atoms with Gasteiger partial charge >= 0.3 is 5.63 Å². The van der Waals surface area contributed by atoms with Gasteiger partial charge in [0.1, 0.15) is 11.2 Å². The van der Waals surface area contributed by atoms with Crippen LogP contribution in [0.1, 0.15) is 33.7 Å². The second-order valence-corrected chi connectivity index (χ2v) is 7.88. The SMILES string of the molecule is O=C(c1ccccc1)c1oc2ccc3c4c(c(=O)oc3c2c1-c1ccccc1)CCC4. The molecule has 1 aliphatic rings. The lowest BCUT2D eigenvalue weighted by atomic mass is 9.96. The van der Waals surface area contributed by atoms with Crippen LogP contribution in [0, 0.1) is 0 Å². The van der Waals surface area contributed by atoms with E-state index in [0.29, 0.717) is 27.7 Å². The van der Waals surface area contributed by atoms with Gasteiger partial charge in [-0.1, -0.05) is 60.7 Å². The van der Waals surface area contributed by atoms with Crippen molar-refractivity contribution in [1.29, 1.82) is 0 Å². The zero-order valence-corrected chi connectivity index (χ0v) is 16.7. The molecule has 6 rings (SSSR count). The number of aryl methyl sites for hydroxylation is 1. The average Bonchev–Trinajstić information content (AvgIpc) is 3.46. The average molecular weight is 406 g/mol. The highest BCUT2D eigenvalue weighted by molar-refractivity contribution is 6.20. The van der Waals surface area contributed by atoms with Gasteiger partial charge in [0.25, 0.3) is 0 Å². The Morgan fingerprint density at radius 2 is 1.48 bits per heavy atom. The molecule has 4 nitrogen and oxygen atoms in total. The van der Waals surface area contributed by atoms with Gasteiger partial charge in [-0.2, -0.15) is 0 Å². The van der Waals surface area contributed by atoms with Crippen molar-refractivity contribution in [2.24, 2.45) is 0 Å². The Kier molecular flexibility index (Phi) is 3.93. The fourth-order valence-electron chi connectivity index (χ4n) is 4.69. The third-order valence-corrected chi connectivity index (χ3v) is 6.10. The predicted molar refractivity (Wildman–Crippen MR) is 120 cm³/mol. The molecular formula is C27H18O4. The standard InChI is InChI=1S/C27H18O4/c28-24(17-10-5-2-6-11-17)26-22(16-8-3-1-4-9-16)23-21(30-26)15-14-19-18-12-7-13-20(18)27(29)31-25(19)23/h1-6,8-11,14-15H,7,12-13H2. The van der Waals surface area contributed by atoms with Crippen molar-refractivity contribution < 1.29 is 13.6 Å². The molecule has 2 aromatic heterocycles. The lowest BCUT2D eigenvalue weighted by Crippen LogP contribution is -2.07. The Labute approximate surface area is 177 Å². The molecule has 1 aliphatic carbocycles. The number of hydrogen-bond donors (Lipinski definition) is 0. The fourth-order valence-corrected chi connectivity index (χ4v) is 4.69. The first-order valence-corrected chi connectivity index (χ1v) is 10.4. The summed E-state index contributed by atoms with van der Waals surface area (Å²) in [5, 5.41) is 1.60. The molecule has 0 bridgehead atoms. The molecule has 4 heteroatoms. The third-order valence-electron chi connectivity index (χ3n) is 6.10. The van der Waals surface area contributed by atoms with Crippen molar-refractivity contribution in [3.05, 3.63) is 106 Å². The molecule has 5 aromatic rings. The van der Waals surface area contributed by atoms with Crippen LogP contribution in [0.4, 0.5) is 0 Å². The molecule has 0 saturated heterocycles. The normalized spacial score (nSPS) is 13.0. The van der Waals surface area contributed by atoms with Crippen molar-refractivity contribution in [2.45, 2.75) is 19.3 Å². The quantitative estimate of drug-likeness (QED) is 0.275. The summed E-state index contributed by atoms with van der Waals surface area (Å²) in [6.07, 6.45) is 2.56. The summed E-state index contributed by atoms with van der Waals surface area (Å²) in [6, 6.07) is 22.5. The van der Waals surface area contributed by atoms with Gasteiger partial charge in [0.15, 0.2) is 5.76 Å². The molecule has 0 fully saturated rings. The highest BCUT2D eigenvalue weighted by Gasteiger charge is 2.27. The van der Waals surface area contributed by atoms with Crippen LogP contribution in [0.25, 0.3) is 33.1 Å². The maximum absolute atomic E-state index is 13.4. The van der Waals surface area contributed by atoms with Crippen LogP contribution in [0.5, 0.6) is 0 Å². The van der Waals surface area contributed by atoms with E-state index in [1.54, 1.807) is 12.1 Å². The molecule has 0 saturated carbocycles. The number of fused-ring (bicyclic) bond motifs is 5. The minimum Gasteiger partial charge on any atom is -0.452 e. The second kappa shape index (κ2) is 6.81. The Bertz CT molecular complexity index is 1520. The molecule has 0 N–H and O–H groups in total. The maximum Gasteiger partial charge on any atom is 0.339 e. The molecular weight excluding hydrogens is 388 g/mol. The first-order chi connectivity index (χ1) is 15.2. The van der Waals surface area contributed by atoms with Crippen LogP contribution < -0.4 is 5.63 Å². The summed E-state index contributed by atoms with van der Waals surface area (Å²) >= 11 is 0. The summed E-state index contributed by atoms with van der Waals surface area (Å²) in [4.78, 5) is 26.1. The van der Waals surface area contributed by atoms with Crippen LogP contribution in [-0.2, 0) is 12.8 Å². The van der Waals surface area contributed by atoms with Crippen molar-refractivity contribution >= 4 is 27.7 Å². The van der Waals surface area contributed by atoms with Crippen molar-refractivity contribution in [2.75, 3.05) is 0 Å². The Morgan fingerprint density at radius 1 is 0.774 bits per heavy atom. The molecule has 0 unspecified atom stereocenters. The van der Waals surface area contributed by atoms with Crippen LogP contribution in [0.15, 0.2) is 86.4 Å². The van der Waals surface area contributed by atoms with Crippen molar-refractivity contribution in [1.82, 2.24) is 0 Å². The van der Waals surface area contributed by atoms with Crippen molar-refractivity contribution in [3.8, 4) is 11.1 Å². The minimum atomic E-state index is -0.288. The van der Waals surface area contributed by atoms with Crippen LogP contribution in [0.3, 0.4) is 0 Å². The molecule has 2 heterocycles. The van der Waals surface area contributed by atoms with Crippen LogP contribution >= 0.6 is 0 Å². The van der Waals surface area contributed by atoms with E-state index < -0.39 is 0 Å². The van der Waals surface area contributed by atoms with Gasteiger partial charge in [0.05, 0.1) is 5.39 Å². The molecule has 0 atom stereocenters. The van der Waals surface area contributed by atoms with Gasteiger partial charge in [-0.05, 0) is 42.5 Å². The number of furan rings is 1. The Balaban J connectivity index is 1.74. The van der Waals surface area contributed by atoms with E-state index in [9.17, 15) is 9.59 Å². The molecule has 150 valence electrons. The number of rotatable bonds is 3. The zero-order valence-electron chi connectivity index (χ0n) is 16.7. The highest BCUT2D eigenvalue weighted by atomic mass is 16.4. The lowest BCUT2D eigenvalue weighted by Gasteiger charge is -2.07. The van der Waals surface area contributed by atoms with E-state index in [2.05, 4.69) is 0 Å². The van der Waals surface area contributed by atoms with E-state index in [0.717, 1.165) is 41.3 Å². The monoisotopic (exact) mass is 406 g/mol. The van der Waals surface area contributed by atoms with Gasteiger partial charge in [0.2, 0.25) is 5.78 Å². The number of hydrogen-bond acceptors (Lipinski definition) is 4. The van der Waals surface area contributed by atoms with E-state index in [1.165, 1.54) is 0 Å². The maximum atomic E-state index is 13.4. The fraction of sp³-hybridized carbons (Fsp3) is 0.111. The molecule has 0 aliphatic heterocycles. The second-order valence-electron chi connectivity index (χ2n) is 7.88. The van der Waals surface area contributed by atoms with E-state index in [4.69, 9.17) is 8.83 Å². The topological polar surface area (TPSA) is 60.4 Å². The first-order valence-electron chi connectivity index (χ1n) is 10.4. The first kappa shape index (κ1) is 17.9. The highest BCUT2D eigenvalue weighted by Crippen LogP contribution is 2.41. The smallest absolute Gasteiger partial charge is 0.339 e. The summed E-state index contributed by atoms with van der Waals surface area (Å²) in [5.74, 6) is 0.0513. The summed E-state index contributed by atoms with van der Waals surface area (Å²) < 4.78 is 12.0. The van der Waals surface area contributed by atoms with Gasteiger partial charge in [0, 0.05) is 22.1 Å². The molecule has 3 aromatic carbocycles. The zero-order chi connectivity index (χ0) is 20.9. The third kappa shape index (κ3) is 2.68. The van der Waals surface area contributed by atoms with Crippen LogP contribution in [-0.4, -0.2) is 5.78 Å². The van der Waals surface area contributed by atoms with Gasteiger partial charge in [-0.25, -0.2) is 4.79 Å². The summed E-state index contributed by atoms with van der Waals surface area (Å²) in [5.41, 5.74) is 4.63. The summed E-state index contributed by atoms with van der Waals surface area (Å²) in [7, 11) is 0. The van der Waals surface area contributed by atoms with Gasteiger partial charge in [-0.15, -0.1) is 0 Å². The number of ketones is 1. The van der Waals surface area contributed by atoms with Crippen LogP contribution in [0.2, 0.25) is 0 Å². The molecule has 0 amide bonds. The van der Waals surface area contributed by atoms with E-state index in [-0.39, 0.29) is 17.2 Å². The Hall–Kier alpha value is -3.92. The molecule has 31 heavy (non-hydrogen) atoms. The molecule has 0 spiro atoms. The largest absolute Gasteiger partial charge is 0.452 e. The predicted octanol–water partition coefficient (Wildman–Crippen LogP) is 5.93. The van der Waals surface area contributed by atoms with E-state index in [1.807, 2.05) is 60.7 Å². The number of carbonyl (C=O) groups is 1. The Morgan fingerprint density at radius 3 is 2.26 bits per heavy atom.